The molecule has 0 bridgehead atoms. The molecule has 3 rings (SSSR count). The zero-order valence-electron chi connectivity index (χ0n) is 17.1. The summed E-state index contributed by atoms with van der Waals surface area (Å²) in [5.41, 5.74) is 1.28. The highest BCUT2D eigenvalue weighted by Crippen LogP contribution is 2.36. The lowest BCUT2D eigenvalue weighted by molar-refractivity contribution is -0.145. The van der Waals surface area contributed by atoms with Gasteiger partial charge < -0.3 is 19.1 Å². The molecule has 154 valence electrons. The van der Waals surface area contributed by atoms with Crippen LogP contribution in [0.25, 0.3) is 0 Å². The van der Waals surface area contributed by atoms with Crippen molar-refractivity contribution in [1.29, 1.82) is 0 Å². The molecule has 0 N–H and O–H groups in total. The standard InChI is InChI=1S/C23H27NO5/c1-4-27-21(25)16-28-20-12-8-9-18(15-20)17(2)24-14-13-23(3,29-22(24)26)19-10-6-5-7-11-19/h5-12,15,17H,4,13-14,16H2,1-3H3/t17-,23?/m0/s1. The van der Waals surface area contributed by atoms with E-state index in [0.717, 1.165) is 11.1 Å². The van der Waals surface area contributed by atoms with E-state index in [1.165, 1.54) is 0 Å². The summed E-state index contributed by atoms with van der Waals surface area (Å²) in [6.45, 7) is 6.41. The summed E-state index contributed by atoms with van der Waals surface area (Å²) < 4.78 is 16.2. The largest absolute Gasteiger partial charge is 0.482 e. The van der Waals surface area contributed by atoms with Gasteiger partial charge in [-0.2, -0.15) is 0 Å². The van der Waals surface area contributed by atoms with E-state index < -0.39 is 11.6 Å². The molecule has 2 aromatic rings. The number of ether oxygens (including phenoxy) is 3. The summed E-state index contributed by atoms with van der Waals surface area (Å²) in [7, 11) is 0. The molecule has 1 aliphatic heterocycles. The van der Waals surface area contributed by atoms with Crippen molar-refractivity contribution in [2.24, 2.45) is 0 Å². The Morgan fingerprint density at radius 3 is 2.66 bits per heavy atom. The van der Waals surface area contributed by atoms with E-state index in [4.69, 9.17) is 14.2 Å². The van der Waals surface area contributed by atoms with Gasteiger partial charge in [0.25, 0.3) is 0 Å². The Morgan fingerprint density at radius 2 is 1.97 bits per heavy atom. The number of cyclic esters (lactones) is 1. The summed E-state index contributed by atoms with van der Waals surface area (Å²) in [6, 6.07) is 17.0. The monoisotopic (exact) mass is 397 g/mol. The first-order valence-electron chi connectivity index (χ1n) is 9.86. The van der Waals surface area contributed by atoms with E-state index >= 15 is 0 Å². The van der Waals surface area contributed by atoms with Gasteiger partial charge in [0, 0.05) is 13.0 Å². The maximum absolute atomic E-state index is 12.8. The van der Waals surface area contributed by atoms with Crippen molar-refractivity contribution in [3.8, 4) is 5.75 Å². The van der Waals surface area contributed by atoms with Crippen molar-refractivity contribution in [3.05, 3.63) is 65.7 Å². The van der Waals surface area contributed by atoms with Crippen LogP contribution in [0.3, 0.4) is 0 Å². The summed E-state index contributed by atoms with van der Waals surface area (Å²) in [5.74, 6) is 0.146. The molecule has 0 saturated carbocycles. The minimum atomic E-state index is -0.626. The molecule has 1 heterocycles. The van der Waals surface area contributed by atoms with Crippen LogP contribution in [0.1, 0.15) is 44.4 Å². The van der Waals surface area contributed by atoms with Gasteiger partial charge in [-0.15, -0.1) is 0 Å². The number of nitrogens with zero attached hydrogens (tertiary/aromatic N) is 1. The molecule has 6 nitrogen and oxygen atoms in total. The normalized spacial score (nSPS) is 20.0. The fourth-order valence-electron chi connectivity index (χ4n) is 3.46. The van der Waals surface area contributed by atoms with Crippen molar-refractivity contribution in [2.75, 3.05) is 19.8 Å². The fraction of sp³-hybridized carbons (Fsp3) is 0.391. The van der Waals surface area contributed by atoms with Crippen LogP contribution in [0.5, 0.6) is 5.75 Å². The van der Waals surface area contributed by atoms with Gasteiger partial charge >= 0.3 is 12.1 Å². The number of amides is 1. The third kappa shape index (κ3) is 4.88. The summed E-state index contributed by atoms with van der Waals surface area (Å²) in [6.07, 6.45) is 0.361. The highest BCUT2D eigenvalue weighted by atomic mass is 16.6. The van der Waals surface area contributed by atoms with Crippen molar-refractivity contribution in [2.45, 2.75) is 38.8 Å². The Labute approximate surface area is 171 Å². The van der Waals surface area contributed by atoms with E-state index in [-0.39, 0.29) is 18.7 Å². The maximum atomic E-state index is 12.8. The fourth-order valence-corrected chi connectivity index (χ4v) is 3.46. The minimum absolute atomic E-state index is 0.146. The first-order valence-corrected chi connectivity index (χ1v) is 9.86. The topological polar surface area (TPSA) is 65.1 Å². The Balaban J connectivity index is 1.67. The third-order valence-electron chi connectivity index (χ3n) is 5.23. The second kappa shape index (κ2) is 8.99. The molecule has 0 spiro atoms. The Hall–Kier alpha value is -3.02. The number of rotatable bonds is 7. The van der Waals surface area contributed by atoms with Gasteiger partial charge in [-0.3, -0.25) is 0 Å². The van der Waals surface area contributed by atoms with Crippen molar-refractivity contribution >= 4 is 12.1 Å². The zero-order chi connectivity index (χ0) is 20.9. The molecule has 1 amide bonds. The van der Waals surface area contributed by atoms with Crippen molar-refractivity contribution < 1.29 is 23.8 Å². The molecule has 1 unspecified atom stereocenters. The van der Waals surface area contributed by atoms with Gasteiger partial charge in [0.2, 0.25) is 0 Å². The zero-order valence-corrected chi connectivity index (χ0v) is 17.1. The molecule has 1 saturated heterocycles. The molecule has 2 aromatic carbocycles. The van der Waals surface area contributed by atoms with Gasteiger partial charge in [0.15, 0.2) is 6.61 Å². The lowest BCUT2D eigenvalue weighted by Crippen LogP contribution is -2.47. The Bertz CT molecular complexity index is 853. The summed E-state index contributed by atoms with van der Waals surface area (Å²) in [4.78, 5) is 26.0. The van der Waals surface area contributed by atoms with Gasteiger partial charge in [-0.05, 0) is 44.0 Å². The second-order valence-corrected chi connectivity index (χ2v) is 7.25. The molecule has 0 radical (unpaired) electrons. The Morgan fingerprint density at radius 1 is 1.21 bits per heavy atom. The second-order valence-electron chi connectivity index (χ2n) is 7.25. The van der Waals surface area contributed by atoms with E-state index in [1.54, 1.807) is 17.9 Å². The molecular weight excluding hydrogens is 370 g/mol. The molecule has 1 fully saturated rings. The van der Waals surface area contributed by atoms with Gasteiger partial charge in [0.05, 0.1) is 12.6 Å². The molecule has 29 heavy (non-hydrogen) atoms. The van der Waals surface area contributed by atoms with Gasteiger partial charge in [-0.25, -0.2) is 9.59 Å². The molecule has 0 aromatic heterocycles. The number of esters is 1. The maximum Gasteiger partial charge on any atom is 0.411 e. The smallest absolute Gasteiger partial charge is 0.411 e. The van der Waals surface area contributed by atoms with Gasteiger partial charge in [0.1, 0.15) is 11.4 Å². The van der Waals surface area contributed by atoms with E-state index in [9.17, 15) is 9.59 Å². The highest BCUT2D eigenvalue weighted by Gasteiger charge is 2.39. The predicted octanol–water partition coefficient (Wildman–Crippen LogP) is 4.45. The number of hydrogen-bond acceptors (Lipinski definition) is 5. The molecule has 2 atom stereocenters. The van der Waals surface area contributed by atoms with Crippen LogP contribution in [-0.2, 0) is 19.9 Å². The lowest BCUT2D eigenvalue weighted by Gasteiger charge is -2.41. The highest BCUT2D eigenvalue weighted by molar-refractivity contribution is 5.71. The van der Waals surface area contributed by atoms with Crippen LogP contribution in [0.2, 0.25) is 0 Å². The number of carbonyl (C=O) groups excluding carboxylic acids is 2. The van der Waals surface area contributed by atoms with Gasteiger partial charge in [-0.1, -0.05) is 42.5 Å². The van der Waals surface area contributed by atoms with Crippen LogP contribution >= 0.6 is 0 Å². The van der Waals surface area contributed by atoms with Crippen molar-refractivity contribution in [1.82, 2.24) is 4.90 Å². The molecule has 1 aliphatic rings. The van der Waals surface area contributed by atoms with E-state index in [0.29, 0.717) is 25.3 Å². The predicted molar refractivity (Wildman–Crippen MR) is 109 cm³/mol. The quantitative estimate of drug-likeness (QED) is 0.646. The SMILES string of the molecule is CCOC(=O)COc1cccc([C@H](C)N2CCC(C)(c3ccccc3)OC2=O)c1. The summed E-state index contributed by atoms with van der Waals surface area (Å²) in [5, 5.41) is 0. The van der Waals surface area contributed by atoms with E-state index in [2.05, 4.69) is 0 Å². The van der Waals surface area contributed by atoms with Crippen LogP contribution in [-0.4, -0.2) is 36.7 Å². The van der Waals surface area contributed by atoms with Crippen LogP contribution < -0.4 is 4.74 Å². The van der Waals surface area contributed by atoms with Crippen LogP contribution in [0.15, 0.2) is 54.6 Å². The first-order chi connectivity index (χ1) is 13.9. The first kappa shape index (κ1) is 20.7. The lowest BCUT2D eigenvalue weighted by atomic mass is 9.90. The molecular formula is C23H27NO5. The van der Waals surface area contributed by atoms with Crippen LogP contribution in [0, 0.1) is 0 Å². The third-order valence-corrected chi connectivity index (χ3v) is 5.23. The minimum Gasteiger partial charge on any atom is -0.482 e. The molecule has 6 heteroatoms. The summed E-state index contributed by atoms with van der Waals surface area (Å²) >= 11 is 0. The number of carbonyl (C=O) groups is 2. The average Bonchev–Trinajstić information content (AvgIpc) is 2.73. The molecule has 0 aliphatic carbocycles. The number of benzene rings is 2. The van der Waals surface area contributed by atoms with Crippen molar-refractivity contribution in [3.63, 3.8) is 0 Å². The average molecular weight is 397 g/mol. The number of hydrogen-bond donors (Lipinski definition) is 0. The Kier molecular flexibility index (Phi) is 6.42. The van der Waals surface area contributed by atoms with Crippen LogP contribution in [0.4, 0.5) is 4.79 Å². The van der Waals surface area contributed by atoms with E-state index in [1.807, 2.05) is 62.4 Å².